The molecule has 0 spiro atoms. The van der Waals surface area contributed by atoms with E-state index in [2.05, 4.69) is 83.9 Å². The Morgan fingerprint density at radius 1 is 1.00 bits per heavy atom. The van der Waals surface area contributed by atoms with Gasteiger partial charge in [0.1, 0.15) is 0 Å². The summed E-state index contributed by atoms with van der Waals surface area (Å²) in [6.45, 7) is 8.80. The van der Waals surface area contributed by atoms with Crippen molar-refractivity contribution in [3.05, 3.63) is 82.4 Å². The topological polar surface area (TPSA) is 33.1 Å². The highest BCUT2D eigenvalue weighted by atomic mass is 32.1. The van der Waals surface area contributed by atoms with Crippen molar-refractivity contribution in [1.82, 2.24) is 14.9 Å². The van der Waals surface area contributed by atoms with Gasteiger partial charge in [-0.2, -0.15) is 0 Å². The number of nitrogens with one attached hydrogen (secondary N) is 1. The molecule has 154 valence electrons. The van der Waals surface area contributed by atoms with Gasteiger partial charge in [0, 0.05) is 29.3 Å². The Hall–Kier alpha value is -2.66. The van der Waals surface area contributed by atoms with Crippen LogP contribution in [-0.4, -0.2) is 14.7 Å². The van der Waals surface area contributed by atoms with Crippen molar-refractivity contribution in [2.24, 2.45) is 0 Å². The Balaban J connectivity index is 1.67. The van der Waals surface area contributed by atoms with Crippen LogP contribution in [0.3, 0.4) is 0 Å². The van der Waals surface area contributed by atoms with Crippen molar-refractivity contribution in [3.8, 4) is 0 Å². The number of aromatic nitrogens is 2. The smallest absolute Gasteiger partial charge is 0.174 e. The second-order valence-corrected chi connectivity index (χ2v) is 9.08. The van der Waals surface area contributed by atoms with Crippen molar-refractivity contribution in [1.29, 1.82) is 0 Å². The highest BCUT2D eigenvalue weighted by Crippen LogP contribution is 2.46. The first-order valence-electron chi connectivity index (χ1n) is 10.7. The Bertz CT molecular complexity index is 1110. The molecule has 1 saturated carbocycles. The number of anilines is 1. The Kier molecular flexibility index (Phi) is 4.66. The number of thiocarbonyl (C=S) groups is 1. The Morgan fingerprint density at radius 3 is 2.47 bits per heavy atom. The normalized spacial score (nSPS) is 21.2. The predicted octanol–water partition coefficient (Wildman–Crippen LogP) is 5.63. The number of benzene rings is 1. The van der Waals surface area contributed by atoms with Crippen molar-refractivity contribution in [2.75, 3.05) is 4.90 Å². The van der Waals surface area contributed by atoms with Crippen molar-refractivity contribution in [3.63, 3.8) is 0 Å². The van der Waals surface area contributed by atoms with E-state index >= 15 is 0 Å². The molecule has 0 radical (unpaired) electrons. The number of hydrogen-bond acceptors (Lipinski definition) is 2. The number of hydrogen-bond donors (Lipinski definition) is 1. The molecule has 2 fully saturated rings. The predicted molar refractivity (Wildman–Crippen MR) is 126 cm³/mol. The van der Waals surface area contributed by atoms with Gasteiger partial charge in [0.05, 0.1) is 17.8 Å². The molecule has 5 rings (SSSR count). The van der Waals surface area contributed by atoms with Crippen LogP contribution in [0.4, 0.5) is 5.69 Å². The van der Waals surface area contributed by atoms with Crippen LogP contribution in [0, 0.1) is 27.7 Å². The molecule has 0 bridgehead atoms. The SMILES string of the molecule is Cc1ccc(N2C(=S)N[C@H](c3ccccn3)[C@H]2c2cc(C)n(C3CC3)c2C)cc1C. The summed E-state index contributed by atoms with van der Waals surface area (Å²) < 4.78 is 2.52. The van der Waals surface area contributed by atoms with E-state index in [-0.39, 0.29) is 12.1 Å². The first kappa shape index (κ1) is 19.3. The summed E-state index contributed by atoms with van der Waals surface area (Å²) in [5.41, 5.74) is 8.74. The Morgan fingerprint density at radius 2 is 1.80 bits per heavy atom. The van der Waals surface area contributed by atoms with Crippen LogP contribution >= 0.6 is 12.2 Å². The minimum absolute atomic E-state index is 0.00784. The molecule has 4 nitrogen and oxygen atoms in total. The summed E-state index contributed by atoms with van der Waals surface area (Å²) in [6.07, 6.45) is 4.42. The molecule has 1 aliphatic carbocycles. The third-order valence-electron chi connectivity index (χ3n) is 6.62. The van der Waals surface area contributed by atoms with E-state index in [1.807, 2.05) is 12.3 Å². The molecule has 1 N–H and O–H groups in total. The van der Waals surface area contributed by atoms with Gasteiger partial charge in [0.2, 0.25) is 0 Å². The van der Waals surface area contributed by atoms with Gasteiger partial charge in [-0.1, -0.05) is 12.1 Å². The van der Waals surface area contributed by atoms with E-state index in [1.165, 1.54) is 40.9 Å². The monoisotopic (exact) mass is 416 g/mol. The van der Waals surface area contributed by atoms with Crippen LogP contribution in [0.15, 0.2) is 48.7 Å². The number of rotatable bonds is 4. The van der Waals surface area contributed by atoms with E-state index < -0.39 is 0 Å². The number of pyridine rings is 1. The average Bonchev–Trinajstić information content (AvgIpc) is 3.44. The zero-order chi connectivity index (χ0) is 21.0. The number of aryl methyl sites for hydroxylation is 3. The summed E-state index contributed by atoms with van der Waals surface area (Å²) >= 11 is 5.88. The van der Waals surface area contributed by atoms with E-state index in [0.717, 1.165) is 16.5 Å². The molecule has 2 atom stereocenters. The molecule has 0 unspecified atom stereocenters. The second-order valence-electron chi connectivity index (χ2n) is 8.69. The van der Waals surface area contributed by atoms with Gasteiger partial charge in [-0.3, -0.25) is 4.98 Å². The number of nitrogens with zero attached hydrogens (tertiary/aromatic N) is 3. The fourth-order valence-electron chi connectivity index (χ4n) is 4.82. The maximum Gasteiger partial charge on any atom is 0.174 e. The van der Waals surface area contributed by atoms with Gasteiger partial charge in [-0.15, -0.1) is 0 Å². The van der Waals surface area contributed by atoms with Gasteiger partial charge >= 0.3 is 0 Å². The van der Waals surface area contributed by atoms with Crippen LogP contribution in [0.25, 0.3) is 0 Å². The molecule has 2 aliphatic rings. The van der Waals surface area contributed by atoms with Gasteiger partial charge in [-0.05, 0) is 99.8 Å². The lowest BCUT2D eigenvalue weighted by Crippen LogP contribution is -2.29. The van der Waals surface area contributed by atoms with E-state index in [9.17, 15) is 0 Å². The molecular formula is C25H28N4S. The molecule has 3 heterocycles. The molecular weight excluding hydrogens is 388 g/mol. The average molecular weight is 417 g/mol. The molecule has 5 heteroatoms. The molecule has 0 amide bonds. The first-order chi connectivity index (χ1) is 14.5. The lowest BCUT2D eigenvalue weighted by molar-refractivity contribution is 0.562. The molecule has 3 aromatic rings. The van der Waals surface area contributed by atoms with Crippen LogP contribution in [0.5, 0.6) is 0 Å². The molecule has 1 aromatic carbocycles. The van der Waals surface area contributed by atoms with E-state index in [4.69, 9.17) is 12.2 Å². The molecule has 1 aliphatic heterocycles. The van der Waals surface area contributed by atoms with Gasteiger partial charge in [-0.25, -0.2) is 0 Å². The van der Waals surface area contributed by atoms with Gasteiger partial charge in [0.25, 0.3) is 0 Å². The minimum Gasteiger partial charge on any atom is -0.351 e. The minimum atomic E-state index is 0.00784. The first-order valence-corrected chi connectivity index (χ1v) is 11.1. The van der Waals surface area contributed by atoms with Crippen LogP contribution < -0.4 is 10.2 Å². The quantitative estimate of drug-likeness (QED) is 0.559. The summed E-state index contributed by atoms with van der Waals surface area (Å²) in [4.78, 5) is 6.97. The standard InChI is InChI=1S/C25H28N4S/c1-15-8-9-20(13-16(15)2)29-24(21-14-17(3)28(18(21)4)19-10-11-19)23(27-25(29)30)22-7-5-6-12-26-22/h5-9,12-14,19,23-24H,10-11H2,1-4H3,(H,27,30)/t23-,24-/m1/s1. The van der Waals surface area contributed by atoms with Gasteiger partial charge in [0.15, 0.2) is 5.11 Å². The van der Waals surface area contributed by atoms with E-state index in [0.29, 0.717) is 6.04 Å². The summed E-state index contributed by atoms with van der Waals surface area (Å²) in [6, 6.07) is 15.8. The zero-order valence-corrected chi connectivity index (χ0v) is 18.8. The van der Waals surface area contributed by atoms with E-state index in [1.54, 1.807) is 0 Å². The lowest BCUT2D eigenvalue weighted by Gasteiger charge is -2.28. The highest BCUT2D eigenvalue weighted by Gasteiger charge is 2.43. The third kappa shape index (κ3) is 3.12. The molecule has 1 saturated heterocycles. The molecule has 30 heavy (non-hydrogen) atoms. The maximum atomic E-state index is 5.88. The maximum absolute atomic E-state index is 5.88. The zero-order valence-electron chi connectivity index (χ0n) is 18.0. The van der Waals surface area contributed by atoms with Crippen molar-refractivity contribution >= 4 is 23.0 Å². The summed E-state index contributed by atoms with van der Waals surface area (Å²) in [7, 11) is 0. The Labute approximate surface area is 183 Å². The van der Waals surface area contributed by atoms with Crippen LogP contribution in [0.1, 0.15) is 64.7 Å². The van der Waals surface area contributed by atoms with Crippen LogP contribution in [-0.2, 0) is 0 Å². The highest BCUT2D eigenvalue weighted by molar-refractivity contribution is 7.80. The van der Waals surface area contributed by atoms with Gasteiger partial charge < -0.3 is 14.8 Å². The summed E-state index contributed by atoms with van der Waals surface area (Å²) in [5.74, 6) is 0. The third-order valence-corrected chi connectivity index (χ3v) is 6.94. The van der Waals surface area contributed by atoms with Crippen molar-refractivity contribution in [2.45, 2.75) is 58.7 Å². The second kappa shape index (κ2) is 7.24. The lowest BCUT2D eigenvalue weighted by atomic mass is 9.96. The fourth-order valence-corrected chi connectivity index (χ4v) is 5.17. The van der Waals surface area contributed by atoms with Crippen molar-refractivity contribution < 1.29 is 0 Å². The summed E-state index contributed by atoms with van der Waals surface area (Å²) in [5, 5.41) is 4.35. The molecule has 2 aromatic heterocycles. The largest absolute Gasteiger partial charge is 0.351 e. The fraction of sp³-hybridized carbons (Fsp3) is 0.360. The van der Waals surface area contributed by atoms with Crippen LogP contribution in [0.2, 0.25) is 0 Å².